The van der Waals surface area contributed by atoms with E-state index in [1.54, 1.807) is 31.2 Å². The van der Waals surface area contributed by atoms with Gasteiger partial charge in [0.05, 0.1) is 16.9 Å². The van der Waals surface area contributed by atoms with E-state index in [9.17, 15) is 9.59 Å². The van der Waals surface area contributed by atoms with Gasteiger partial charge in [0.2, 0.25) is 0 Å². The second kappa shape index (κ2) is 11.2. The quantitative estimate of drug-likeness (QED) is 0.181. The minimum atomic E-state index is -0.335. The third-order valence-electron chi connectivity index (χ3n) is 6.30. The summed E-state index contributed by atoms with van der Waals surface area (Å²) >= 11 is 10.7. The van der Waals surface area contributed by atoms with E-state index in [0.717, 1.165) is 21.2 Å². The van der Waals surface area contributed by atoms with Gasteiger partial charge in [-0.1, -0.05) is 69.5 Å². The third-order valence-corrected chi connectivity index (χ3v) is 8.18. The fourth-order valence-electron chi connectivity index (χ4n) is 4.31. The molecule has 0 spiro atoms. The van der Waals surface area contributed by atoms with E-state index in [-0.39, 0.29) is 11.8 Å². The highest BCUT2D eigenvalue weighted by Crippen LogP contribution is 2.42. The van der Waals surface area contributed by atoms with Gasteiger partial charge in [-0.05, 0) is 61.4 Å². The number of aromatic nitrogens is 1. The largest absolute Gasteiger partial charge is 0.397 e. The number of anilines is 2. The van der Waals surface area contributed by atoms with Crippen molar-refractivity contribution in [1.82, 2.24) is 10.3 Å². The molecule has 9 heteroatoms. The van der Waals surface area contributed by atoms with Crippen LogP contribution in [0.4, 0.5) is 11.4 Å². The monoisotopic (exact) mass is 618 g/mol. The number of aryl methyl sites for hydroxylation is 2. The van der Waals surface area contributed by atoms with Crippen LogP contribution in [0, 0.1) is 13.8 Å². The Bertz CT molecular complexity index is 1700. The lowest BCUT2D eigenvalue weighted by molar-refractivity contribution is 0.0955. The van der Waals surface area contributed by atoms with Crippen molar-refractivity contribution in [2.24, 2.45) is 0 Å². The number of nitrogens with zero attached hydrogens (tertiary/aromatic N) is 1. The first kappa shape index (κ1) is 26.9. The summed E-state index contributed by atoms with van der Waals surface area (Å²) in [5.41, 5.74) is 12.0. The van der Waals surface area contributed by atoms with Crippen molar-refractivity contribution in [3.05, 3.63) is 110 Å². The predicted octanol–water partition coefficient (Wildman–Crippen LogP) is 7.76. The van der Waals surface area contributed by atoms with E-state index in [0.29, 0.717) is 54.9 Å². The molecule has 0 aliphatic heterocycles. The van der Waals surface area contributed by atoms with Crippen LogP contribution in [0.15, 0.2) is 77.3 Å². The summed E-state index contributed by atoms with van der Waals surface area (Å²) in [6.45, 7) is 4.17. The molecule has 3 aromatic carbocycles. The molecule has 0 aliphatic rings. The van der Waals surface area contributed by atoms with Crippen LogP contribution in [0.2, 0.25) is 5.02 Å². The van der Waals surface area contributed by atoms with E-state index in [1.807, 2.05) is 55.5 Å². The van der Waals surface area contributed by atoms with Crippen LogP contribution >= 0.6 is 38.9 Å². The fourth-order valence-corrected chi connectivity index (χ4v) is 5.77. The van der Waals surface area contributed by atoms with Crippen molar-refractivity contribution in [2.75, 3.05) is 11.1 Å². The Morgan fingerprint density at radius 3 is 2.28 bits per heavy atom. The maximum Gasteiger partial charge on any atom is 0.263 e. The number of pyridine rings is 1. The van der Waals surface area contributed by atoms with Crippen LogP contribution in [0.25, 0.3) is 21.3 Å². The van der Waals surface area contributed by atoms with Crippen LogP contribution in [0.1, 0.15) is 36.9 Å². The van der Waals surface area contributed by atoms with Gasteiger partial charge in [-0.15, -0.1) is 11.3 Å². The topological polar surface area (TPSA) is 97.1 Å². The molecule has 0 radical (unpaired) electrons. The van der Waals surface area contributed by atoms with Gasteiger partial charge in [0.15, 0.2) is 0 Å². The number of hydrogen-bond acceptors (Lipinski definition) is 5. The Morgan fingerprint density at radius 2 is 1.62 bits per heavy atom. The molecule has 6 nitrogen and oxygen atoms in total. The lowest BCUT2D eigenvalue weighted by Crippen LogP contribution is -2.22. The molecule has 5 aromatic rings. The Morgan fingerprint density at radius 1 is 0.949 bits per heavy atom. The van der Waals surface area contributed by atoms with Crippen molar-refractivity contribution >= 4 is 72.3 Å². The molecule has 0 unspecified atom stereocenters. The predicted molar refractivity (Wildman–Crippen MR) is 164 cm³/mol. The number of fused-ring (bicyclic) bond motifs is 1. The maximum atomic E-state index is 13.6. The lowest BCUT2D eigenvalue weighted by Gasteiger charge is -2.15. The molecule has 2 heterocycles. The number of carbonyl (C=O) groups is 2. The van der Waals surface area contributed by atoms with E-state index in [2.05, 4.69) is 26.6 Å². The van der Waals surface area contributed by atoms with Gasteiger partial charge in [-0.3, -0.25) is 9.59 Å². The number of amides is 2. The zero-order valence-corrected chi connectivity index (χ0v) is 24.3. The molecule has 0 fully saturated rings. The molecule has 0 atom stereocenters. The fraction of sp³-hybridized carbons (Fsp3) is 0.100. The highest BCUT2D eigenvalue weighted by Gasteiger charge is 2.26. The number of hydrogen-bond donors (Lipinski definition) is 3. The molecule has 0 saturated heterocycles. The molecule has 0 bridgehead atoms. The standard InChI is InChI=1S/C30H24BrClN4O2S/c1-16-3-5-18(6-4-16)15-34-29(38)27-26(33)25-24(19-7-9-20(31)10-8-19)23(17(2)35-30(25)39-27)28(37)36-22-13-11-21(32)12-14-22/h3-14H,15,33H2,1-2H3,(H,34,38)(H,36,37). The summed E-state index contributed by atoms with van der Waals surface area (Å²) in [5, 5.41) is 7.05. The zero-order valence-electron chi connectivity index (χ0n) is 21.1. The van der Waals surface area contributed by atoms with E-state index in [1.165, 1.54) is 11.3 Å². The first-order valence-corrected chi connectivity index (χ1v) is 14.1. The van der Waals surface area contributed by atoms with Gasteiger partial charge >= 0.3 is 0 Å². The molecular weight excluding hydrogens is 596 g/mol. The van der Waals surface area contributed by atoms with Gasteiger partial charge in [0, 0.05) is 32.7 Å². The SMILES string of the molecule is Cc1ccc(CNC(=O)c2sc3nc(C)c(C(=O)Nc4ccc(Cl)cc4)c(-c4ccc(Br)cc4)c3c2N)cc1. The van der Waals surface area contributed by atoms with Crippen molar-refractivity contribution in [3.63, 3.8) is 0 Å². The molecular formula is C30H24BrClN4O2S. The molecule has 39 heavy (non-hydrogen) atoms. The van der Waals surface area contributed by atoms with Crippen LogP contribution < -0.4 is 16.4 Å². The smallest absolute Gasteiger partial charge is 0.263 e. The summed E-state index contributed by atoms with van der Waals surface area (Å²) in [6, 6.07) is 22.5. The zero-order chi connectivity index (χ0) is 27.7. The van der Waals surface area contributed by atoms with Gasteiger partial charge in [0.25, 0.3) is 11.8 Å². The minimum absolute atomic E-state index is 0.289. The van der Waals surface area contributed by atoms with E-state index in [4.69, 9.17) is 22.3 Å². The van der Waals surface area contributed by atoms with Crippen molar-refractivity contribution in [3.8, 4) is 11.1 Å². The lowest BCUT2D eigenvalue weighted by atomic mass is 9.94. The Labute approximate surface area is 243 Å². The highest BCUT2D eigenvalue weighted by molar-refractivity contribution is 9.10. The first-order chi connectivity index (χ1) is 18.7. The minimum Gasteiger partial charge on any atom is -0.397 e. The third kappa shape index (κ3) is 5.68. The summed E-state index contributed by atoms with van der Waals surface area (Å²) in [4.78, 5) is 32.5. The van der Waals surface area contributed by atoms with Crippen LogP contribution in [-0.2, 0) is 6.54 Å². The summed E-state index contributed by atoms with van der Waals surface area (Å²) < 4.78 is 0.898. The Balaban J connectivity index is 1.59. The Kier molecular flexibility index (Phi) is 7.70. The number of carbonyl (C=O) groups excluding carboxylic acids is 2. The molecule has 0 saturated carbocycles. The number of rotatable bonds is 6. The second-order valence-corrected chi connectivity index (χ2v) is 11.5. The molecule has 5 rings (SSSR count). The van der Waals surface area contributed by atoms with Crippen molar-refractivity contribution in [2.45, 2.75) is 20.4 Å². The average Bonchev–Trinajstić information content (AvgIpc) is 3.24. The second-order valence-electron chi connectivity index (χ2n) is 9.11. The van der Waals surface area contributed by atoms with E-state index < -0.39 is 0 Å². The average molecular weight is 620 g/mol. The number of benzene rings is 3. The first-order valence-electron chi connectivity index (χ1n) is 12.1. The molecule has 4 N–H and O–H groups in total. The molecule has 2 aromatic heterocycles. The molecule has 2 amide bonds. The number of halogens is 2. The summed E-state index contributed by atoms with van der Waals surface area (Å²) in [7, 11) is 0. The number of nitrogens with two attached hydrogens (primary N) is 1. The maximum absolute atomic E-state index is 13.6. The highest BCUT2D eigenvalue weighted by atomic mass is 79.9. The van der Waals surface area contributed by atoms with Gasteiger partial charge in [-0.2, -0.15) is 0 Å². The van der Waals surface area contributed by atoms with Crippen molar-refractivity contribution in [1.29, 1.82) is 0 Å². The number of thiophene rings is 1. The number of nitrogen functional groups attached to an aromatic ring is 1. The summed E-state index contributed by atoms with van der Waals surface area (Å²) in [5.74, 6) is -0.624. The molecule has 196 valence electrons. The normalized spacial score (nSPS) is 11.0. The molecule has 0 aliphatic carbocycles. The van der Waals surface area contributed by atoms with Crippen LogP contribution in [0.5, 0.6) is 0 Å². The summed E-state index contributed by atoms with van der Waals surface area (Å²) in [6.07, 6.45) is 0. The van der Waals surface area contributed by atoms with Gasteiger partial charge in [-0.25, -0.2) is 4.98 Å². The van der Waals surface area contributed by atoms with Crippen LogP contribution in [0.3, 0.4) is 0 Å². The number of nitrogens with one attached hydrogen (secondary N) is 2. The van der Waals surface area contributed by atoms with Crippen LogP contribution in [-0.4, -0.2) is 16.8 Å². The van der Waals surface area contributed by atoms with E-state index >= 15 is 0 Å². The van der Waals surface area contributed by atoms with Gasteiger partial charge < -0.3 is 16.4 Å². The van der Waals surface area contributed by atoms with Gasteiger partial charge in [0.1, 0.15) is 9.71 Å². The Hall–Kier alpha value is -3.72. The van der Waals surface area contributed by atoms with Crippen molar-refractivity contribution < 1.29 is 9.59 Å².